The molecule has 3 heteroatoms. The molecule has 0 radical (unpaired) electrons. The summed E-state index contributed by atoms with van der Waals surface area (Å²) in [5, 5.41) is 4.45. The number of nitrogens with zero attached hydrogens (tertiary/aromatic N) is 1. The van der Waals surface area contributed by atoms with Crippen LogP contribution in [0, 0.1) is 0 Å². The maximum atomic E-state index is 12.8. The van der Waals surface area contributed by atoms with Gasteiger partial charge in [0, 0.05) is 5.39 Å². The van der Waals surface area contributed by atoms with Crippen molar-refractivity contribution in [3.8, 4) is 0 Å². The lowest BCUT2D eigenvalue weighted by molar-refractivity contribution is 0.374. The van der Waals surface area contributed by atoms with Crippen molar-refractivity contribution in [2.75, 3.05) is 0 Å². The van der Waals surface area contributed by atoms with Crippen molar-refractivity contribution in [1.82, 2.24) is 5.16 Å². The molecule has 0 aliphatic rings. The molecule has 0 fully saturated rings. The normalized spacial score (nSPS) is 13.5. The molecule has 2 aromatic rings. The highest BCUT2D eigenvalue weighted by atomic mass is 19.1. The van der Waals surface area contributed by atoms with Crippen LogP contribution in [0.4, 0.5) is 4.39 Å². The Balaban J connectivity index is 2.60. The summed E-state index contributed by atoms with van der Waals surface area (Å²) in [4.78, 5) is 0. The van der Waals surface area contributed by atoms with Crippen molar-refractivity contribution >= 4 is 11.0 Å². The zero-order valence-electron chi connectivity index (χ0n) is 6.62. The van der Waals surface area contributed by atoms with Gasteiger partial charge in [0.25, 0.3) is 0 Å². The standard InChI is InChI=1S/C9H8FNO/c1-6(10)7-2-3-9-8(4-7)5-11-12-9/h2-6H,1H3. The molecule has 1 aromatic heterocycles. The monoisotopic (exact) mass is 165 g/mol. The van der Waals surface area contributed by atoms with Gasteiger partial charge in [-0.3, -0.25) is 0 Å². The van der Waals surface area contributed by atoms with E-state index in [9.17, 15) is 4.39 Å². The summed E-state index contributed by atoms with van der Waals surface area (Å²) in [5.74, 6) is 0. The number of rotatable bonds is 1. The van der Waals surface area contributed by atoms with Gasteiger partial charge in [-0.2, -0.15) is 0 Å². The van der Waals surface area contributed by atoms with Gasteiger partial charge < -0.3 is 4.52 Å². The second-order valence-corrected chi connectivity index (χ2v) is 2.74. The Morgan fingerprint density at radius 1 is 1.50 bits per heavy atom. The first-order valence-electron chi connectivity index (χ1n) is 3.76. The molecular formula is C9H8FNO. The van der Waals surface area contributed by atoms with Crippen LogP contribution in [0.2, 0.25) is 0 Å². The average Bonchev–Trinajstić information content (AvgIpc) is 2.49. The van der Waals surface area contributed by atoms with E-state index < -0.39 is 6.17 Å². The van der Waals surface area contributed by atoms with Gasteiger partial charge in [-0.25, -0.2) is 4.39 Å². The highest BCUT2D eigenvalue weighted by Gasteiger charge is 2.04. The van der Waals surface area contributed by atoms with Crippen LogP contribution in [0.5, 0.6) is 0 Å². The average molecular weight is 165 g/mol. The Morgan fingerprint density at radius 3 is 3.08 bits per heavy atom. The minimum absolute atomic E-state index is 0.658. The fourth-order valence-electron chi connectivity index (χ4n) is 1.14. The molecule has 1 aromatic carbocycles. The molecule has 2 rings (SSSR count). The predicted octanol–water partition coefficient (Wildman–Crippen LogP) is 2.86. The van der Waals surface area contributed by atoms with Crippen molar-refractivity contribution < 1.29 is 8.91 Å². The number of hydrogen-bond donors (Lipinski definition) is 0. The summed E-state index contributed by atoms with van der Waals surface area (Å²) >= 11 is 0. The van der Waals surface area contributed by atoms with E-state index in [0.717, 1.165) is 5.39 Å². The minimum atomic E-state index is -0.940. The quantitative estimate of drug-likeness (QED) is 0.649. The molecule has 0 N–H and O–H groups in total. The fourth-order valence-corrected chi connectivity index (χ4v) is 1.14. The van der Waals surface area contributed by atoms with E-state index in [2.05, 4.69) is 5.16 Å². The molecule has 2 nitrogen and oxygen atoms in total. The lowest BCUT2D eigenvalue weighted by Crippen LogP contribution is -1.83. The number of halogens is 1. The Morgan fingerprint density at radius 2 is 2.33 bits per heavy atom. The second-order valence-electron chi connectivity index (χ2n) is 2.74. The van der Waals surface area contributed by atoms with E-state index in [1.807, 2.05) is 0 Å². The third-order valence-electron chi connectivity index (χ3n) is 1.84. The largest absolute Gasteiger partial charge is 0.356 e. The van der Waals surface area contributed by atoms with Gasteiger partial charge in [0.1, 0.15) is 6.17 Å². The Bertz CT molecular complexity index is 394. The van der Waals surface area contributed by atoms with Crippen LogP contribution in [0.3, 0.4) is 0 Å². The number of fused-ring (bicyclic) bond motifs is 1. The minimum Gasteiger partial charge on any atom is -0.356 e. The maximum absolute atomic E-state index is 12.8. The van der Waals surface area contributed by atoms with Crippen molar-refractivity contribution in [3.63, 3.8) is 0 Å². The first-order valence-corrected chi connectivity index (χ1v) is 3.76. The summed E-state index contributed by atoms with van der Waals surface area (Å²) in [7, 11) is 0. The summed E-state index contributed by atoms with van der Waals surface area (Å²) in [5.41, 5.74) is 1.35. The van der Waals surface area contributed by atoms with Crippen LogP contribution in [0.1, 0.15) is 18.7 Å². The smallest absolute Gasteiger partial charge is 0.166 e. The zero-order valence-corrected chi connectivity index (χ0v) is 6.62. The number of hydrogen-bond acceptors (Lipinski definition) is 2. The first-order chi connectivity index (χ1) is 5.77. The second kappa shape index (κ2) is 2.59. The topological polar surface area (TPSA) is 26.0 Å². The van der Waals surface area contributed by atoms with Crippen LogP contribution >= 0.6 is 0 Å². The third-order valence-corrected chi connectivity index (χ3v) is 1.84. The van der Waals surface area contributed by atoms with E-state index in [1.165, 1.54) is 6.92 Å². The van der Waals surface area contributed by atoms with Crippen molar-refractivity contribution in [2.45, 2.75) is 13.1 Å². The lowest BCUT2D eigenvalue weighted by Gasteiger charge is -1.99. The van der Waals surface area contributed by atoms with Crippen LogP contribution in [0.25, 0.3) is 11.0 Å². The van der Waals surface area contributed by atoms with Crippen molar-refractivity contribution in [1.29, 1.82) is 0 Å². The van der Waals surface area contributed by atoms with Gasteiger partial charge in [-0.1, -0.05) is 11.2 Å². The van der Waals surface area contributed by atoms with Crippen LogP contribution in [-0.4, -0.2) is 5.16 Å². The van der Waals surface area contributed by atoms with E-state index in [-0.39, 0.29) is 0 Å². The van der Waals surface area contributed by atoms with Crippen molar-refractivity contribution in [2.24, 2.45) is 0 Å². The molecule has 0 aliphatic carbocycles. The number of alkyl halides is 1. The van der Waals surface area contributed by atoms with Crippen LogP contribution in [0.15, 0.2) is 28.9 Å². The Kier molecular flexibility index (Phi) is 1.57. The van der Waals surface area contributed by atoms with E-state index in [0.29, 0.717) is 11.1 Å². The lowest BCUT2D eigenvalue weighted by atomic mass is 10.1. The van der Waals surface area contributed by atoms with Gasteiger partial charge in [0.2, 0.25) is 0 Å². The molecule has 12 heavy (non-hydrogen) atoms. The number of aromatic nitrogens is 1. The zero-order chi connectivity index (χ0) is 8.55. The van der Waals surface area contributed by atoms with Gasteiger partial charge in [0.15, 0.2) is 5.58 Å². The van der Waals surface area contributed by atoms with E-state index in [4.69, 9.17) is 4.52 Å². The van der Waals surface area contributed by atoms with Crippen molar-refractivity contribution in [3.05, 3.63) is 30.0 Å². The molecule has 0 bridgehead atoms. The van der Waals surface area contributed by atoms with Gasteiger partial charge >= 0.3 is 0 Å². The number of benzene rings is 1. The van der Waals surface area contributed by atoms with E-state index >= 15 is 0 Å². The summed E-state index contributed by atoms with van der Waals surface area (Å²) in [6.07, 6.45) is 0.644. The van der Waals surface area contributed by atoms with Gasteiger partial charge in [-0.15, -0.1) is 0 Å². The molecule has 0 aliphatic heterocycles. The Labute approximate surface area is 69.0 Å². The van der Waals surface area contributed by atoms with E-state index in [1.54, 1.807) is 24.4 Å². The molecule has 62 valence electrons. The van der Waals surface area contributed by atoms with Crippen LogP contribution in [-0.2, 0) is 0 Å². The summed E-state index contributed by atoms with van der Waals surface area (Å²) in [6.45, 7) is 1.51. The third kappa shape index (κ3) is 1.07. The van der Waals surface area contributed by atoms with Crippen LogP contribution < -0.4 is 0 Å². The molecule has 1 heterocycles. The molecule has 1 atom stereocenters. The van der Waals surface area contributed by atoms with Gasteiger partial charge in [-0.05, 0) is 24.6 Å². The highest BCUT2D eigenvalue weighted by molar-refractivity contribution is 5.76. The SMILES string of the molecule is CC(F)c1ccc2oncc2c1. The summed E-state index contributed by atoms with van der Waals surface area (Å²) < 4.78 is 17.7. The Hall–Kier alpha value is -1.38. The molecule has 1 unspecified atom stereocenters. The molecular weight excluding hydrogens is 157 g/mol. The van der Waals surface area contributed by atoms with Gasteiger partial charge in [0.05, 0.1) is 6.20 Å². The highest BCUT2D eigenvalue weighted by Crippen LogP contribution is 2.21. The molecule has 0 saturated heterocycles. The molecule has 0 saturated carbocycles. The molecule has 0 spiro atoms. The first kappa shape index (κ1) is 7.28. The fraction of sp³-hybridized carbons (Fsp3) is 0.222. The maximum Gasteiger partial charge on any atom is 0.166 e. The summed E-state index contributed by atoms with van der Waals surface area (Å²) in [6, 6.07) is 5.18. The predicted molar refractivity (Wildman–Crippen MR) is 43.5 cm³/mol. The molecule has 0 amide bonds.